The molecule has 154 valence electrons. The second-order valence-corrected chi connectivity index (χ2v) is 6.75. The molecule has 1 unspecified atom stereocenters. The van der Waals surface area contributed by atoms with Crippen LogP contribution in [-0.2, 0) is 12.8 Å². The number of nitrogens with zero attached hydrogens (tertiary/aromatic N) is 2. The third-order valence-corrected chi connectivity index (χ3v) is 4.65. The predicted molar refractivity (Wildman–Crippen MR) is 129 cm³/mol. The molecule has 0 bridgehead atoms. The molecule has 0 aliphatic rings. The summed E-state index contributed by atoms with van der Waals surface area (Å²) in [6.45, 7) is 1.63. The van der Waals surface area contributed by atoms with Gasteiger partial charge in [0.25, 0.3) is 0 Å². The van der Waals surface area contributed by atoms with Crippen molar-refractivity contribution in [3.8, 4) is 5.75 Å². The maximum absolute atomic E-state index is 5.41. The van der Waals surface area contributed by atoms with Crippen LogP contribution in [0.4, 0.5) is 0 Å². The Labute approximate surface area is 186 Å². The standard InChI is InChI=1S/C22H32N4O.HI/c1-23-22(24-15-14-19-12-8-9-13-21(19)27-4)25-17-20(26(2)3)16-18-10-6-5-7-11-18;/h5-13,20H,14-17H2,1-4H3,(H2,23,24,25);1H. The van der Waals surface area contributed by atoms with E-state index in [1.165, 1.54) is 11.1 Å². The van der Waals surface area contributed by atoms with Crippen LogP contribution in [0.5, 0.6) is 5.75 Å². The van der Waals surface area contributed by atoms with Gasteiger partial charge in [0, 0.05) is 26.2 Å². The minimum absolute atomic E-state index is 0. The van der Waals surface area contributed by atoms with Gasteiger partial charge >= 0.3 is 0 Å². The van der Waals surface area contributed by atoms with Crippen molar-refractivity contribution < 1.29 is 4.74 Å². The first kappa shape index (κ1) is 24.2. The lowest BCUT2D eigenvalue weighted by atomic mass is 10.1. The number of guanidine groups is 1. The predicted octanol–water partition coefficient (Wildman–Crippen LogP) is 3.19. The summed E-state index contributed by atoms with van der Waals surface area (Å²) in [5.41, 5.74) is 2.54. The van der Waals surface area contributed by atoms with Gasteiger partial charge < -0.3 is 20.3 Å². The van der Waals surface area contributed by atoms with Gasteiger partial charge in [0.15, 0.2) is 5.96 Å². The summed E-state index contributed by atoms with van der Waals surface area (Å²) in [4.78, 5) is 6.60. The minimum Gasteiger partial charge on any atom is -0.496 e. The molecule has 0 spiro atoms. The highest BCUT2D eigenvalue weighted by Gasteiger charge is 2.13. The second-order valence-electron chi connectivity index (χ2n) is 6.75. The molecular formula is C22H33IN4O. The molecule has 0 aromatic heterocycles. The van der Waals surface area contributed by atoms with Crippen LogP contribution in [0, 0.1) is 0 Å². The number of hydrogen-bond donors (Lipinski definition) is 2. The highest BCUT2D eigenvalue weighted by molar-refractivity contribution is 14.0. The number of aliphatic imine (C=N–C) groups is 1. The molecule has 2 N–H and O–H groups in total. The van der Waals surface area contributed by atoms with E-state index < -0.39 is 0 Å². The largest absolute Gasteiger partial charge is 0.496 e. The van der Waals surface area contributed by atoms with Crippen molar-refractivity contribution in [3.63, 3.8) is 0 Å². The summed E-state index contributed by atoms with van der Waals surface area (Å²) in [7, 11) is 7.75. The molecule has 6 heteroatoms. The van der Waals surface area contributed by atoms with Crippen molar-refractivity contribution in [2.24, 2.45) is 4.99 Å². The van der Waals surface area contributed by atoms with E-state index >= 15 is 0 Å². The molecular weight excluding hydrogens is 463 g/mol. The number of ether oxygens (including phenoxy) is 1. The number of rotatable bonds is 9. The Bertz CT molecular complexity index is 707. The van der Waals surface area contributed by atoms with Crippen LogP contribution >= 0.6 is 24.0 Å². The molecule has 5 nitrogen and oxygen atoms in total. The summed E-state index contributed by atoms with van der Waals surface area (Å²) in [6, 6.07) is 19.1. The average molecular weight is 496 g/mol. The maximum Gasteiger partial charge on any atom is 0.191 e. The van der Waals surface area contributed by atoms with E-state index in [1.54, 1.807) is 14.2 Å². The van der Waals surface area contributed by atoms with Crippen molar-refractivity contribution >= 4 is 29.9 Å². The van der Waals surface area contributed by atoms with Gasteiger partial charge in [-0.2, -0.15) is 0 Å². The molecule has 2 aromatic rings. The van der Waals surface area contributed by atoms with E-state index in [2.05, 4.69) is 71.0 Å². The number of halogens is 1. The fourth-order valence-electron chi connectivity index (χ4n) is 2.98. The third kappa shape index (κ3) is 8.06. The van der Waals surface area contributed by atoms with E-state index in [1.807, 2.05) is 18.2 Å². The summed E-state index contributed by atoms with van der Waals surface area (Å²) >= 11 is 0. The Kier molecular flexibility index (Phi) is 11.6. The van der Waals surface area contributed by atoms with Gasteiger partial charge in [-0.25, -0.2) is 0 Å². The minimum atomic E-state index is 0. The molecule has 0 saturated carbocycles. The lowest BCUT2D eigenvalue weighted by Gasteiger charge is -2.25. The van der Waals surface area contributed by atoms with E-state index in [4.69, 9.17) is 4.74 Å². The normalized spacial score (nSPS) is 12.2. The second kappa shape index (κ2) is 13.4. The Balaban J connectivity index is 0.00000392. The number of likely N-dealkylation sites (N-methyl/N-ethyl adjacent to an activating group) is 1. The van der Waals surface area contributed by atoms with Gasteiger partial charge in [-0.1, -0.05) is 48.5 Å². The zero-order valence-electron chi connectivity index (χ0n) is 17.3. The number of hydrogen-bond acceptors (Lipinski definition) is 3. The van der Waals surface area contributed by atoms with Crippen LogP contribution in [0.15, 0.2) is 59.6 Å². The first-order valence-corrected chi connectivity index (χ1v) is 9.40. The molecule has 0 fully saturated rings. The SMILES string of the molecule is CN=C(NCCc1ccccc1OC)NCC(Cc1ccccc1)N(C)C.I. The van der Waals surface area contributed by atoms with Gasteiger partial charge in [0.05, 0.1) is 7.11 Å². The number of benzene rings is 2. The Hall–Kier alpha value is -1.80. The van der Waals surface area contributed by atoms with Crippen molar-refractivity contribution in [2.75, 3.05) is 41.3 Å². The summed E-state index contributed by atoms with van der Waals surface area (Å²) in [5, 5.41) is 6.84. The molecule has 0 aliphatic heterocycles. The molecule has 0 aliphatic carbocycles. The number of methoxy groups -OCH3 is 1. The van der Waals surface area contributed by atoms with Crippen molar-refractivity contribution in [1.29, 1.82) is 0 Å². The highest BCUT2D eigenvalue weighted by atomic mass is 127. The molecule has 2 rings (SSSR count). The zero-order valence-corrected chi connectivity index (χ0v) is 19.6. The molecule has 0 heterocycles. The van der Waals surface area contributed by atoms with Gasteiger partial charge in [-0.05, 0) is 44.1 Å². The van der Waals surface area contributed by atoms with Crippen LogP contribution in [0.2, 0.25) is 0 Å². The van der Waals surface area contributed by atoms with E-state index in [0.29, 0.717) is 6.04 Å². The monoisotopic (exact) mass is 496 g/mol. The van der Waals surface area contributed by atoms with Gasteiger partial charge in [0.1, 0.15) is 5.75 Å². The van der Waals surface area contributed by atoms with Crippen LogP contribution in [-0.4, -0.2) is 58.2 Å². The summed E-state index contributed by atoms with van der Waals surface area (Å²) in [5.74, 6) is 1.75. The van der Waals surface area contributed by atoms with E-state index in [-0.39, 0.29) is 24.0 Å². The highest BCUT2D eigenvalue weighted by Crippen LogP contribution is 2.17. The fourth-order valence-corrected chi connectivity index (χ4v) is 2.98. The molecule has 0 radical (unpaired) electrons. The Morgan fingerprint density at radius 2 is 1.71 bits per heavy atom. The third-order valence-electron chi connectivity index (χ3n) is 4.65. The first-order valence-electron chi connectivity index (χ1n) is 9.40. The van der Waals surface area contributed by atoms with Gasteiger partial charge in [-0.15, -0.1) is 24.0 Å². The van der Waals surface area contributed by atoms with Gasteiger partial charge in [0.2, 0.25) is 0 Å². The fraction of sp³-hybridized carbons (Fsp3) is 0.409. The molecule has 0 amide bonds. The Morgan fingerprint density at radius 3 is 2.36 bits per heavy atom. The van der Waals surface area contributed by atoms with Crippen molar-refractivity contribution in [3.05, 3.63) is 65.7 Å². The first-order chi connectivity index (χ1) is 13.1. The van der Waals surface area contributed by atoms with E-state index in [9.17, 15) is 0 Å². The summed E-state index contributed by atoms with van der Waals surface area (Å²) in [6.07, 6.45) is 1.88. The van der Waals surface area contributed by atoms with Gasteiger partial charge in [-0.3, -0.25) is 4.99 Å². The maximum atomic E-state index is 5.41. The average Bonchev–Trinajstić information content (AvgIpc) is 2.70. The smallest absolute Gasteiger partial charge is 0.191 e. The Morgan fingerprint density at radius 1 is 1.04 bits per heavy atom. The van der Waals surface area contributed by atoms with Crippen molar-refractivity contribution in [2.45, 2.75) is 18.9 Å². The molecule has 0 saturated heterocycles. The number of nitrogens with one attached hydrogen (secondary N) is 2. The van der Waals surface area contributed by atoms with Crippen LogP contribution in [0.1, 0.15) is 11.1 Å². The zero-order chi connectivity index (χ0) is 19.5. The lowest BCUT2D eigenvalue weighted by Crippen LogP contribution is -2.46. The number of para-hydroxylation sites is 1. The molecule has 28 heavy (non-hydrogen) atoms. The molecule has 2 aromatic carbocycles. The topological polar surface area (TPSA) is 48.9 Å². The lowest BCUT2D eigenvalue weighted by molar-refractivity contribution is 0.290. The van der Waals surface area contributed by atoms with Crippen LogP contribution in [0.3, 0.4) is 0 Å². The quantitative estimate of drug-likeness (QED) is 0.318. The van der Waals surface area contributed by atoms with Crippen molar-refractivity contribution in [1.82, 2.24) is 15.5 Å². The van der Waals surface area contributed by atoms with Crippen LogP contribution in [0.25, 0.3) is 0 Å². The molecule has 1 atom stereocenters. The summed E-state index contributed by atoms with van der Waals surface area (Å²) < 4.78 is 5.41. The van der Waals surface area contributed by atoms with E-state index in [0.717, 1.165) is 37.6 Å². The van der Waals surface area contributed by atoms with Crippen LogP contribution < -0.4 is 15.4 Å².